The third-order valence-electron chi connectivity index (χ3n) is 4.58. The van der Waals surface area contributed by atoms with Gasteiger partial charge in [0.1, 0.15) is 7.05 Å². The Morgan fingerprint density at radius 3 is 2.39 bits per heavy atom. The van der Waals surface area contributed by atoms with E-state index in [4.69, 9.17) is 0 Å². The Bertz CT molecular complexity index is 785. The summed E-state index contributed by atoms with van der Waals surface area (Å²) in [6.07, 6.45) is 9.38. The first-order valence-corrected chi connectivity index (χ1v) is 8.65. The zero-order chi connectivity index (χ0) is 16.2. The zero-order valence-electron chi connectivity index (χ0n) is 14.5. The number of imidazole rings is 1. The van der Waals surface area contributed by atoms with Crippen LogP contribution in [0.1, 0.15) is 32.6 Å². The predicted molar refractivity (Wildman–Crippen MR) is 93.9 cm³/mol. The summed E-state index contributed by atoms with van der Waals surface area (Å²) in [4.78, 5) is 0. The molecule has 3 heteroatoms. The number of hydrogen-bond acceptors (Lipinski definition) is 0. The van der Waals surface area contributed by atoms with Gasteiger partial charge >= 0.3 is 0 Å². The molecule has 120 valence electrons. The lowest BCUT2D eigenvalue weighted by Crippen LogP contribution is -2.31. The van der Waals surface area contributed by atoms with Crippen molar-refractivity contribution in [2.75, 3.05) is 0 Å². The third kappa shape index (κ3) is 3.14. The smallest absolute Gasteiger partial charge is 0.226 e. The van der Waals surface area contributed by atoms with Crippen LogP contribution in [0.15, 0.2) is 48.8 Å². The van der Waals surface area contributed by atoms with Crippen LogP contribution in [0.5, 0.6) is 0 Å². The number of fused-ring (bicyclic) bond motifs is 1. The van der Waals surface area contributed by atoms with Crippen LogP contribution in [0.25, 0.3) is 22.4 Å². The van der Waals surface area contributed by atoms with Crippen LogP contribution in [0.2, 0.25) is 0 Å². The lowest BCUT2D eigenvalue weighted by molar-refractivity contribution is -0.671. The molecule has 2 heterocycles. The van der Waals surface area contributed by atoms with Gasteiger partial charge in [0, 0.05) is 12.1 Å². The molecule has 0 bridgehead atoms. The Labute approximate surface area is 138 Å². The van der Waals surface area contributed by atoms with Gasteiger partial charge in [0.2, 0.25) is 0 Å². The van der Waals surface area contributed by atoms with Crippen LogP contribution in [0.3, 0.4) is 0 Å². The van der Waals surface area contributed by atoms with Crippen molar-refractivity contribution in [3.05, 3.63) is 48.8 Å². The quantitative estimate of drug-likeness (QED) is 0.488. The van der Waals surface area contributed by atoms with Gasteiger partial charge in [-0.15, -0.1) is 0 Å². The van der Waals surface area contributed by atoms with Gasteiger partial charge in [0.25, 0.3) is 5.82 Å². The molecule has 0 N–H and O–H groups in total. The topological polar surface area (TPSA) is 12.7 Å². The highest BCUT2D eigenvalue weighted by Crippen LogP contribution is 2.23. The van der Waals surface area contributed by atoms with E-state index in [1.165, 1.54) is 48.1 Å². The molecular formula is C20H27N3+2. The van der Waals surface area contributed by atoms with Crippen LogP contribution < -0.4 is 9.13 Å². The van der Waals surface area contributed by atoms with Gasteiger partial charge in [0.15, 0.2) is 23.4 Å². The molecular weight excluding hydrogens is 282 g/mol. The molecule has 0 aliphatic rings. The zero-order valence-corrected chi connectivity index (χ0v) is 14.5. The normalized spacial score (nSPS) is 11.3. The number of aromatic nitrogens is 3. The minimum atomic E-state index is 1.08. The second kappa shape index (κ2) is 6.95. The number of pyridine rings is 1. The maximum atomic E-state index is 2.49. The van der Waals surface area contributed by atoms with Crippen molar-refractivity contribution >= 4 is 11.0 Å². The summed E-state index contributed by atoms with van der Waals surface area (Å²) >= 11 is 0. The van der Waals surface area contributed by atoms with Crippen molar-refractivity contribution in [2.24, 2.45) is 14.1 Å². The fourth-order valence-corrected chi connectivity index (χ4v) is 3.31. The summed E-state index contributed by atoms with van der Waals surface area (Å²) in [6, 6.07) is 13.1. The van der Waals surface area contributed by atoms with Crippen LogP contribution in [-0.4, -0.2) is 4.57 Å². The molecule has 0 unspecified atom stereocenters. The molecule has 23 heavy (non-hydrogen) atoms. The van der Waals surface area contributed by atoms with Crippen LogP contribution in [-0.2, 0) is 20.6 Å². The molecule has 0 fully saturated rings. The average Bonchev–Trinajstić information content (AvgIpc) is 2.85. The SMILES string of the molecule is CCCCCCn1c(-c2cc[n+](C)cc2)[n+](C)c2ccccc21. The molecule has 0 aliphatic carbocycles. The largest absolute Gasteiger partial charge is 0.290 e. The van der Waals surface area contributed by atoms with Gasteiger partial charge in [-0.1, -0.05) is 31.9 Å². The Hall–Kier alpha value is -2.16. The monoisotopic (exact) mass is 309 g/mol. The minimum absolute atomic E-state index is 1.08. The maximum Gasteiger partial charge on any atom is 0.290 e. The van der Waals surface area contributed by atoms with E-state index in [1.54, 1.807) is 0 Å². The highest BCUT2D eigenvalue weighted by Gasteiger charge is 2.24. The summed E-state index contributed by atoms with van der Waals surface area (Å²) in [5, 5.41) is 0. The molecule has 0 spiro atoms. The van der Waals surface area contributed by atoms with Gasteiger partial charge in [-0.05, 0) is 25.0 Å². The fourth-order valence-electron chi connectivity index (χ4n) is 3.31. The van der Waals surface area contributed by atoms with Crippen molar-refractivity contribution < 1.29 is 9.13 Å². The molecule has 3 nitrogen and oxygen atoms in total. The van der Waals surface area contributed by atoms with Crippen LogP contribution in [0, 0.1) is 0 Å². The van der Waals surface area contributed by atoms with Crippen LogP contribution in [0.4, 0.5) is 0 Å². The van der Waals surface area contributed by atoms with E-state index >= 15 is 0 Å². The highest BCUT2D eigenvalue weighted by atomic mass is 15.2. The second-order valence-corrected chi connectivity index (χ2v) is 6.34. The first-order chi connectivity index (χ1) is 11.2. The highest BCUT2D eigenvalue weighted by molar-refractivity contribution is 5.75. The maximum absolute atomic E-state index is 2.49. The van der Waals surface area contributed by atoms with Crippen molar-refractivity contribution in [3.63, 3.8) is 0 Å². The molecule has 0 aliphatic heterocycles. The number of para-hydroxylation sites is 2. The first-order valence-electron chi connectivity index (χ1n) is 8.65. The van der Waals surface area contributed by atoms with E-state index in [9.17, 15) is 0 Å². The summed E-state index contributed by atoms with van der Waals surface area (Å²) in [6.45, 7) is 3.35. The molecule has 2 aromatic heterocycles. The molecule has 0 atom stereocenters. The van der Waals surface area contributed by atoms with E-state index in [2.05, 4.69) is 83.5 Å². The molecule has 0 saturated carbocycles. The molecule has 0 saturated heterocycles. The number of unbranched alkanes of at least 4 members (excludes halogenated alkanes) is 3. The van der Waals surface area contributed by atoms with Gasteiger partial charge in [0.05, 0.1) is 19.2 Å². The molecule has 1 aromatic carbocycles. The van der Waals surface area contributed by atoms with Crippen LogP contribution >= 0.6 is 0 Å². The first kappa shape index (κ1) is 15.7. The molecule has 3 aromatic rings. The van der Waals surface area contributed by atoms with Gasteiger partial charge in [-0.25, -0.2) is 13.7 Å². The number of nitrogens with zero attached hydrogens (tertiary/aromatic N) is 3. The van der Waals surface area contributed by atoms with E-state index < -0.39 is 0 Å². The Morgan fingerprint density at radius 1 is 0.913 bits per heavy atom. The van der Waals surface area contributed by atoms with E-state index in [0.717, 1.165) is 6.54 Å². The lowest BCUT2D eigenvalue weighted by Gasteiger charge is -2.03. The Kier molecular flexibility index (Phi) is 4.75. The van der Waals surface area contributed by atoms with Gasteiger partial charge in [-0.3, -0.25) is 0 Å². The van der Waals surface area contributed by atoms with Gasteiger partial charge < -0.3 is 0 Å². The van der Waals surface area contributed by atoms with Crippen molar-refractivity contribution in [1.82, 2.24) is 4.57 Å². The Balaban J connectivity index is 2.07. The predicted octanol–water partition coefficient (Wildman–Crippen LogP) is 3.54. The third-order valence-corrected chi connectivity index (χ3v) is 4.58. The van der Waals surface area contributed by atoms with Crippen molar-refractivity contribution in [1.29, 1.82) is 0 Å². The number of benzene rings is 1. The number of rotatable bonds is 6. The summed E-state index contributed by atoms with van der Waals surface area (Å²) in [7, 11) is 4.23. The Morgan fingerprint density at radius 2 is 1.65 bits per heavy atom. The van der Waals surface area contributed by atoms with Crippen molar-refractivity contribution in [3.8, 4) is 11.4 Å². The lowest BCUT2D eigenvalue weighted by atomic mass is 10.2. The number of hydrogen-bond donors (Lipinski definition) is 0. The minimum Gasteiger partial charge on any atom is -0.226 e. The van der Waals surface area contributed by atoms with E-state index in [1.807, 2.05) is 0 Å². The standard InChI is InChI=1S/C20H27N3/c1-4-5-6-9-14-23-19-11-8-7-10-18(19)22(3)20(23)17-12-15-21(2)16-13-17/h7-8,10-13,15-16H,4-6,9,14H2,1-3H3/q+2. The van der Waals surface area contributed by atoms with E-state index in [0.29, 0.717) is 0 Å². The van der Waals surface area contributed by atoms with Gasteiger partial charge in [-0.2, -0.15) is 0 Å². The second-order valence-electron chi connectivity index (χ2n) is 6.34. The molecule has 0 amide bonds. The molecule has 3 rings (SSSR count). The van der Waals surface area contributed by atoms with E-state index in [-0.39, 0.29) is 0 Å². The summed E-state index contributed by atoms with van der Waals surface area (Å²) in [5.74, 6) is 1.29. The fraction of sp³-hybridized carbons (Fsp3) is 0.400. The number of aryl methyl sites for hydroxylation is 3. The van der Waals surface area contributed by atoms with Crippen molar-refractivity contribution in [2.45, 2.75) is 39.2 Å². The average molecular weight is 309 g/mol. The summed E-state index contributed by atoms with van der Waals surface area (Å²) < 4.78 is 6.89. The summed E-state index contributed by atoms with van der Waals surface area (Å²) in [5.41, 5.74) is 3.90. The molecule has 0 radical (unpaired) electrons.